The van der Waals surface area contributed by atoms with Crippen LogP contribution in [0.1, 0.15) is 5.01 Å². The maximum Gasteiger partial charge on any atom is 0.0998 e. The van der Waals surface area contributed by atoms with E-state index in [1.54, 1.807) is 11.3 Å². The standard InChI is InChI=1S/C13H10N2S/c1-9-14-13(8-16-9)12-7-6-10-4-2-3-5-11(10)15-12/h2-8H,1H3. The first-order valence-electron chi connectivity index (χ1n) is 5.11. The lowest BCUT2D eigenvalue weighted by atomic mass is 10.2. The highest BCUT2D eigenvalue weighted by Gasteiger charge is 2.04. The smallest absolute Gasteiger partial charge is 0.0998 e. The van der Waals surface area contributed by atoms with Gasteiger partial charge in [-0.25, -0.2) is 9.97 Å². The predicted molar refractivity (Wildman–Crippen MR) is 67.6 cm³/mol. The summed E-state index contributed by atoms with van der Waals surface area (Å²) in [5.41, 5.74) is 2.93. The van der Waals surface area contributed by atoms with E-state index in [2.05, 4.69) is 22.1 Å². The van der Waals surface area contributed by atoms with Crippen LogP contribution < -0.4 is 0 Å². The largest absolute Gasteiger partial charge is 0.246 e. The third-order valence-corrected chi connectivity index (χ3v) is 3.25. The van der Waals surface area contributed by atoms with E-state index in [1.807, 2.05) is 36.6 Å². The zero-order valence-electron chi connectivity index (χ0n) is 8.84. The van der Waals surface area contributed by atoms with Crippen LogP contribution in [0.15, 0.2) is 41.8 Å². The summed E-state index contributed by atoms with van der Waals surface area (Å²) in [4.78, 5) is 9.05. The summed E-state index contributed by atoms with van der Waals surface area (Å²) in [5.74, 6) is 0. The zero-order chi connectivity index (χ0) is 11.0. The number of hydrogen-bond acceptors (Lipinski definition) is 3. The Kier molecular flexibility index (Phi) is 2.18. The number of rotatable bonds is 1. The first-order valence-corrected chi connectivity index (χ1v) is 5.99. The lowest BCUT2D eigenvalue weighted by Crippen LogP contribution is -1.85. The number of para-hydroxylation sites is 1. The fourth-order valence-electron chi connectivity index (χ4n) is 1.69. The van der Waals surface area contributed by atoms with Crippen LogP contribution in [-0.2, 0) is 0 Å². The van der Waals surface area contributed by atoms with Gasteiger partial charge >= 0.3 is 0 Å². The zero-order valence-corrected chi connectivity index (χ0v) is 9.66. The number of fused-ring (bicyclic) bond motifs is 1. The summed E-state index contributed by atoms with van der Waals surface area (Å²) in [6.45, 7) is 2.01. The maximum atomic E-state index is 4.60. The molecule has 0 aliphatic rings. The van der Waals surface area contributed by atoms with Crippen molar-refractivity contribution in [2.75, 3.05) is 0 Å². The number of aromatic nitrogens is 2. The molecule has 3 aromatic rings. The van der Waals surface area contributed by atoms with Gasteiger partial charge in [-0.2, -0.15) is 0 Å². The molecule has 2 nitrogen and oxygen atoms in total. The van der Waals surface area contributed by atoms with Crippen molar-refractivity contribution in [3.05, 3.63) is 46.8 Å². The lowest BCUT2D eigenvalue weighted by molar-refractivity contribution is 1.26. The summed E-state index contributed by atoms with van der Waals surface area (Å²) in [7, 11) is 0. The van der Waals surface area contributed by atoms with Gasteiger partial charge in [0.05, 0.1) is 21.9 Å². The summed E-state index contributed by atoms with van der Waals surface area (Å²) >= 11 is 1.65. The molecule has 2 aromatic heterocycles. The van der Waals surface area contributed by atoms with E-state index in [9.17, 15) is 0 Å². The predicted octanol–water partition coefficient (Wildman–Crippen LogP) is 3.67. The Balaban J connectivity index is 2.18. The van der Waals surface area contributed by atoms with E-state index in [1.165, 1.54) is 5.39 Å². The number of aryl methyl sites for hydroxylation is 1. The molecule has 0 aliphatic carbocycles. The maximum absolute atomic E-state index is 4.60. The molecule has 1 aromatic carbocycles. The molecule has 3 rings (SSSR count). The quantitative estimate of drug-likeness (QED) is 0.632. The van der Waals surface area contributed by atoms with E-state index in [0.29, 0.717) is 0 Å². The van der Waals surface area contributed by atoms with Gasteiger partial charge in [0.15, 0.2) is 0 Å². The Hall–Kier alpha value is -1.74. The summed E-state index contributed by atoms with van der Waals surface area (Å²) < 4.78 is 0. The number of hydrogen-bond donors (Lipinski definition) is 0. The fraction of sp³-hybridized carbons (Fsp3) is 0.0769. The first-order chi connectivity index (χ1) is 7.83. The van der Waals surface area contributed by atoms with Crippen molar-refractivity contribution in [1.82, 2.24) is 9.97 Å². The van der Waals surface area contributed by atoms with Gasteiger partial charge < -0.3 is 0 Å². The van der Waals surface area contributed by atoms with Gasteiger partial charge in [0.25, 0.3) is 0 Å². The third-order valence-electron chi connectivity index (χ3n) is 2.48. The monoisotopic (exact) mass is 226 g/mol. The van der Waals surface area contributed by atoms with Gasteiger partial charge in [-0.3, -0.25) is 0 Å². The highest BCUT2D eigenvalue weighted by molar-refractivity contribution is 7.09. The molecule has 0 radical (unpaired) electrons. The summed E-state index contributed by atoms with van der Waals surface area (Å²) in [6, 6.07) is 12.2. The molecule has 0 atom stereocenters. The van der Waals surface area contributed by atoms with Crippen molar-refractivity contribution < 1.29 is 0 Å². The molecule has 0 saturated carbocycles. The molecule has 0 unspecified atom stereocenters. The Bertz CT molecular complexity index is 643. The van der Waals surface area contributed by atoms with Gasteiger partial charge in [0.2, 0.25) is 0 Å². The van der Waals surface area contributed by atoms with Crippen molar-refractivity contribution in [2.24, 2.45) is 0 Å². The highest BCUT2D eigenvalue weighted by Crippen LogP contribution is 2.22. The third kappa shape index (κ3) is 1.59. The van der Waals surface area contributed by atoms with Crippen LogP contribution in [0.3, 0.4) is 0 Å². The molecule has 3 heteroatoms. The Morgan fingerprint density at radius 2 is 1.81 bits per heavy atom. The van der Waals surface area contributed by atoms with Crippen molar-refractivity contribution in [2.45, 2.75) is 6.92 Å². The minimum atomic E-state index is 0.947. The molecule has 0 saturated heterocycles. The molecule has 0 bridgehead atoms. The summed E-state index contributed by atoms with van der Waals surface area (Å²) in [5, 5.41) is 4.29. The molecule has 0 aliphatic heterocycles. The molecular weight excluding hydrogens is 216 g/mol. The van der Waals surface area contributed by atoms with Crippen LogP contribution in [0, 0.1) is 6.92 Å². The molecule has 78 valence electrons. The molecule has 0 amide bonds. The Morgan fingerprint density at radius 3 is 2.62 bits per heavy atom. The number of benzene rings is 1. The number of nitrogens with zero attached hydrogens (tertiary/aromatic N) is 2. The van der Waals surface area contributed by atoms with Crippen LogP contribution in [0.2, 0.25) is 0 Å². The van der Waals surface area contributed by atoms with Crippen LogP contribution >= 0.6 is 11.3 Å². The van der Waals surface area contributed by atoms with E-state index in [-0.39, 0.29) is 0 Å². The van der Waals surface area contributed by atoms with Crippen molar-refractivity contribution in [3.8, 4) is 11.4 Å². The first kappa shape index (κ1) is 9.48. The van der Waals surface area contributed by atoms with Crippen molar-refractivity contribution in [1.29, 1.82) is 0 Å². The van der Waals surface area contributed by atoms with E-state index >= 15 is 0 Å². The van der Waals surface area contributed by atoms with E-state index in [0.717, 1.165) is 21.9 Å². The van der Waals surface area contributed by atoms with Gasteiger partial charge in [0, 0.05) is 10.8 Å². The van der Waals surface area contributed by atoms with Crippen molar-refractivity contribution >= 4 is 22.2 Å². The highest BCUT2D eigenvalue weighted by atomic mass is 32.1. The molecule has 16 heavy (non-hydrogen) atoms. The lowest BCUT2D eigenvalue weighted by Gasteiger charge is -1.99. The normalized spacial score (nSPS) is 10.8. The second-order valence-electron chi connectivity index (χ2n) is 3.64. The van der Waals surface area contributed by atoms with Crippen LogP contribution in [0.4, 0.5) is 0 Å². The molecule has 0 spiro atoms. The van der Waals surface area contributed by atoms with E-state index in [4.69, 9.17) is 0 Å². The van der Waals surface area contributed by atoms with Crippen molar-refractivity contribution in [3.63, 3.8) is 0 Å². The second kappa shape index (κ2) is 3.68. The minimum absolute atomic E-state index is 0.947. The van der Waals surface area contributed by atoms with Gasteiger partial charge in [-0.1, -0.05) is 24.3 Å². The SMILES string of the molecule is Cc1nc(-c2ccc3ccccc3n2)cs1. The van der Waals surface area contributed by atoms with Crippen LogP contribution in [0.25, 0.3) is 22.3 Å². The van der Waals surface area contributed by atoms with Gasteiger partial charge in [0.1, 0.15) is 0 Å². The minimum Gasteiger partial charge on any atom is -0.246 e. The topological polar surface area (TPSA) is 25.8 Å². The molecular formula is C13H10N2S. The second-order valence-corrected chi connectivity index (χ2v) is 4.70. The van der Waals surface area contributed by atoms with Crippen LogP contribution in [-0.4, -0.2) is 9.97 Å². The van der Waals surface area contributed by atoms with Gasteiger partial charge in [-0.05, 0) is 19.1 Å². The number of thiazole rings is 1. The Labute approximate surface area is 97.6 Å². The molecule has 0 N–H and O–H groups in total. The fourth-order valence-corrected chi connectivity index (χ4v) is 2.30. The molecule has 2 heterocycles. The Morgan fingerprint density at radius 1 is 0.938 bits per heavy atom. The van der Waals surface area contributed by atoms with Gasteiger partial charge in [-0.15, -0.1) is 11.3 Å². The number of pyridine rings is 1. The average molecular weight is 226 g/mol. The van der Waals surface area contributed by atoms with Crippen LogP contribution in [0.5, 0.6) is 0 Å². The molecule has 0 fully saturated rings. The summed E-state index contributed by atoms with van der Waals surface area (Å²) in [6.07, 6.45) is 0. The van der Waals surface area contributed by atoms with E-state index < -0.39 is 0 Å². The average Bonchev–Trinajstić information content (AvgIpc) is 2.75.